The third-order valence-electron chi connectivity index (χ3n) is 4.22. The summed E-state index contributed by atoms with van der Waals surface area (Å²) in [4.78, 5) is 0. The fourth-order valence-electron chi connectivity index (χ4n) is 2.83. The molecule has 1 atom stereocenters. The molecule has 20 heavy (non-hydrogen) atoms. The summed E-state index contributed by atoms with van der Waals surface area (Å²) in [6.07, 6.45) is 1.96. The van der Waals surface area contributed by atoms with Gasteiger partial charge in [-0.3, -0.25) is 0 Å². The first-order valence-corrected chi connectivity index (χ1v) is 7.59. The van der Waals surface area contributed by atoms with Gasteiger partial charge in [0.25, 0.3) is 0 Å². The maximum atomic E-state index is 13.5. The van der Waals surface area contributed by atoms with Gasteiger partial charge in [-0.1, -0.05) is 42.5 Å². The second kappa shape index (κ2) is 5.30. The zero-order valence-corrected chi connectivity index (χ0v) is 12.6. The average molecular weight is 335 g/mol. The smallest absolute Gasteiger partial charge is 0.137 e. The SMILES string of the molecule is OC(Cc1cccc(F)c1Br)C1(c2ccccc2)CC1. The Morgan fingerprint density at radius 2 is 1.80 bits per heavy atom. The van der Waals surface area contributed by atoms with Gasteiger partial charge in [-0.05, 0) is 46.0 Å². The number of halogens is 2. The van der Waals surface area contributed by atoms with E-state index in [9.17, 15) is 9.50 Å². The monoisotopic (exact) mass is 334 g/mol. The second-order valence-corrected chi connectivity index (χ2v) is 6.25. The lowest BCUT2D eigenvalue weighted by Gasteiger charge is -2.23. The molecular formula is C17H16BrFO. The Bertz CT molecular complexity index is 608. The first kappa shape index (κ1) is 13.8. The molecule has 0 radical (unpaired) electrons. The normalized spacial score (nSPS) is 17.8. The minimum Gasteiger partial charge on any atom is -0.392 e. The van der Waals surface area contributed by atoms with Gasteiger partial charge in [0.2, 0.25) is 0 Å². The Kier molecular flexibility index (Phi) is 3.65. The number of aliphatic hydroxyl groups excluding tert-OH is 1. The molecule has 1 aliphatic carbocycles. The molecule has 0 spiro atoms. The molecule has 1 nitrogen and oxygen atoms in total. The standard InChI is InChI=1S/C17H16BrFO/c18-16-12(5-4-8-14(16)19)11-15(20)17(9-10-17)13-6-2-1-3-7-13/h1-8,15,20H,9-11H2. The lowest BCUT2D eigenvalue weighted by atomic mass is 9.86. The highest BCUT2D eigenvalue weighted by Crippen LogP contribution is 2.51. The lowest BCUT2D eigenvalue weighted by molar-refractivity contribution is 0.131. The fraction of sp³-hybridized carbons (Fsp3) is 0.294. The van der Waals surface area contributed by atoms with Crippen molar-refractivity contribution in [3.8, 4) is 0 Å². The number of hydrogen-bond donors (Lipinski definition) is 1. The van der Waals surface area contributed by atoms with Crippen LogP contribution in [-0.4, -0.2) is 11.2 Å². The molecule has 0 bridgehead atoms. The predicted octanol–water partition coefficient (Wildman–Crippen LogP) is 4.22. The van der Waals surface area contributed by atoms with E-state index in [4.69, 9.17) is 0 Å². The maximum Gasteiger partial charge on any atom is 0.137 e. The van der Waals surface area contributed by atoms with E-state index >= 15 is 0 Å². The molecule has 1 N–H and O–H groups in total. The van der Waals surface area contributed by atoms with Crippen LogP contribution in [0.3, 0.4) is 0 Å². The van der Waals surface area contributed by atoms with E-state index < -0.39 is 6.10 Å². The minimum atomic E-state index is -0.483. The summed E-state index contributed by atoms with van der Waals surface area (Å²) >= 11 is 3.27. The number of hydrogen-bond acceptors (Lipinski definition) is 1. The molecule has 0 amide bonds. The van der Waals surface area contributed by atoms with Crippen molar-refractivity contribution in [3.63, 3.8) is 0 Å². The summed E-state index contributed by atoms with van der Waals surface area (Å²) < 4.78 is 14.0. The highest BCUT2D eigenvalue weighted by Gasteiger charge is 2.50. The van der Waals surface area contributed by atoms with Crippen molar-refractivity contribution >= 4 is 15.9 Å². The molecule has 1 unspecified atom stereocenters. The number of rotatable bonds is 4. The summed E-state index contributed by atoms with van der Waals surface area (Å²) in [6.45, 7) is 0. The van der Waals surface area contributed by atoms with Crippen LogP contribution < -0.4 is 0 Å². The number of aliphatic hydroxyl groups is 1. The molecule has 2 aromatic carbocycles. The van der Waals surface area contributed by atoms with Crippen LogP contribution in [0.4, 0.5) is 4.39 Å². The molecule has 1 fully saturated rings. The van der Waals surface area contributed by atoms with Crippen molar-refractivity contribution in [2.45, 2.75) is 30.8 Å². The van der Waals surface area contributed by atoms with Gasteiger partial charge in [0, 0.05) is 11.8 Å². The molecule has 0 aromatic heterocycles. The minimum absolute atomic E-state index is 0.146. The summed E-state index contributed by atoms with van der Waals surface area (Å²) in [5.74, 6) is -0.278. The average Bonchev–Trinajstić information content (AvgIpc) is 3.26. The third kappa shape index (κ3) is 2.40. The highest BCUT2D eigenvalue weighted by molar-refractivity contribution is 9.10. The van der Waals surface area contributed by atoms with E-state index in [0.717, 1.165) is 18.4 Å². The van der Waals surface area contributed by atoms with Gasteiger partial charge in [0.1, 0.15) is 5.82 Å². The molecular weight excluding hydrogens is 319 g/mol. The van der Waals surface area contributed by atoms with E-state index in [1.807, 2.05) is 24.3 Å². The second-order valence-electron chi connectivity index (χ2n) is 5.46. The predicted molar refractivity (Wildman–Crippen MR) is 81.2 cm³/mol. The van der Waals surface area contributed by atoms with Gasteiger partial charge in [-0.15, -0.1) is 0 Å². The van der Waals surface area contributed by atoms with Crippen molar-refractivity contribution in [1.29, 1.82) is 0 Å². The molecule has 1 saturated carbocycles. The van der Waals surface area contributed by atoms with Gasteiger partial charge >= 0.3 is 0 Å². The largest absolute Gasteiger partial charge is 0.392 e. The van der Waals surface area contributed by atoms with Gasteiger partial charge < -0.3 is 5.11 Å². The first-order valence-electron chi connectivity index (χ1n) is 6.80. The third-order valence-corrected chi connectivity index (χ3v) is 5.11. The molecule has 3 rings (SSSR count). The fourth-order valence-corrected chi connectivity index (χ4v) is 3.26. The van der Waals surface area contributed by atoms with Gasteiger partial charge in [-0.25, -0.2) is 4.39 Å². The topological polar surface area (TPSA) is 20.2 Å². The van der Waals surface area contributed by atoms with Crippen molar-refractivity contribution in [2.75, 3.05) is 0 Å². The van der Waals surface area contributed by atoms with Crippen LogP contribution >= 0.6 is 15.9 Å². The van der Waals surface area contributed by atoms with E-state index in [1.54, 1.807) is 6.07 Å². The lowest BCUT2D eigenvalue weighted by Crippen LogP contribution is -2.28. The number of benzene rings is 2. The van der Waals surface area contributed by atoms with Crippen molar-refractivity contribution < 1.29 is 9.50 Å². The Labute approximate surface area is 126 Å². The Morgan fingerprint density at radius 1 is 1.10 bits per heavy atom. The van der Waals surface area contributed by atoms with Crippen LogP contribution in [0.15, 0.2) is 53.0 Å². The van der Waals surface area contributed by atoms with Crippen LogP contribution in [0, 0.1) is 5.82 Å². The van der Waals surface area contributed by atoms with Crippen molar-refractivity contribution in [3.05, 3.63) is 69.9 Å². The van der Waals surface area contributed by atoms with Gasteiger partial charge in [0.15, 0.2) is 0 Å². The summed E-state index contributed by atoms with van der Waals surface area (Å²) in [7, 11) is 0. The van der Waals surface area contributed by atoms with Crippen molar-refractivity contribution in [2.24, 2.45) is 0 Å². The maximum absolute atomic E-state index is 13.5. The zero-order valence-electron chi connectivity index (χ0n) is 11.0. The molecule has 3 heteroatoms. The Hall–Kier alpha value is -1.19. The van der Waals surface area contributed by atoms with Crippen LogP contribution in [-0.2, 0) is 11.8 Å². The van der Waals surface area contributed by atoms with E-state index in [0.29, 0.717) is 10.9 Å². The van der Waals surface area contributed by atoms with E-state index in [2.05, 4.69) is 28.1 Å². The van der Waals surface area contributed by atoms with Crippen LogP contribution in [0.25, 0.3) is 0 Å². The molecule has 1 aliphatic rings. The zero-order chi connectivity index (χ0) is 14.2. The molecule has 0 saturated heterocycles. The van der Waals surface area contributed by atoms with E-state index in [-0.39, 0.29) is 11.2 Å². The Morgan fingerprint density at radius 3 is 2.45 bits per heavy atom. The quantitative estimate of drug-likeness (QED) is 0.887. The summed E-state index contributed by atoms with van der Waals surface area (Å²) in [6, 6.07) is 15.1. The molecule has 0 heterocycles. The Balaban J connectivity index is 1.83. The van der Waals surface area contributed by atoms with Crippen LogP contribution in [0.2, 0.25) is 0 Å². The summed E-state index contributed by atoms with van der Waals surface area (Å²) in [5, 5.41) is 10.6. The molecule has 0 aliphatic heterocycles. The first-order chi connectivity index (χ1) is 9.63. The van der Waals surface area contributed by atoms with Gasteiger partial charge in [0.05, 0.1) is 10.6 Å². The van der Waals surface area contributed by atoms with Gasteiger partial charge in [-0.2, -0.15) is 0 Å². The summed E-state index contributed by atoms with van der Waals surface area (Å²) in [5.41, 5.74) is 1.85. The van der Waals surface area contributed by atoms with E-state index in [1.165, 1.54) is 11.6 Å². The molecule has 104 valence electrons. The van der Waals surface area contributed by atoms with Crippen LogP contribution in [0.1, 0.15) is 24.0 Å². The van der Waals surface area contributed by atoms with Crippen molar-refractivity contribution in [1.82, 2.24) is 0 Å². The van der Waals surface area contributed by atoms with Crippen LogP contribution in [0.5, 0.6) is 0 Å². The molecule has 2 aromatic rings. The highest BCUT2D eigenvalue weighted by atomic mass is 79.9.